The zero-order valence-electron chi connectivity index (χ0n) is 7.66. The van der Waals surface area contributed by atoms with Gasteiger partial charge < -0.3 is 10.8 Å². The summed E-state index contributed by atoms with van der Waals surface area (Å²) in [6, 6.07) is 8.28. The lowest BCUT2D eigenvalue weighted by Gasteiger charge is -2.25. The number of aryl methyl sites for hydroxylation is 1. The van der Waals surface area contributed by atoms with Crippen molar-refractivity contribution in [3.63, 3.8) is 0 Å². The van der Waals surface area contributed by atoms with Crippen molar-refractivity contribution in [1.82, 2.24) is 0 Å². The Kier molecular flexibility index (Phi) is 2.10. The van der Waals surface area contributed by atoms with Gasteiger partial charge in [0.25, 0.3) is 0 Å². The maximum atomic E-state index is 9.38. The summed E-state index contributed by atoms with van der Waals surface area (Å²) in [5.74, 6) is 0. The van der Waals surface area contributed by atoms with E-state index in [1.54, 1.807) is 0 Å². The lowest BCUT2D eigenvalue weighted by molar-refractivity contribution is 0.197. The molecule has 0 bridgehead atoms. The van der Waals surface area contributed by atoms with Crippen LogP contribution in [0, 0.1) is 0 Å². The molecule has 13 heavy (non-hydrogen) atoms. The molecule has 0 amide bonds. The van der Waals surface area contributed by atoms with Gasteiger partial charge in [-0.05, 0) is 24.0 Å². The molecule has 0 heterocycles. The van der Waals surface area contributed by atoms with Crippen LogP contribution in [0.5, 0.6) is 0 Å². The van der Waals surface area contributed by atoms with E-state index in [1.807, 2.05) is 12.1 Å². The van der Waals surface area contributed by atoms with Crippen LogP contribution in [0.2, 0.25) is 0 Å². The number of aliphatic hydroxyl groups excluding tert-OH is 1. The number of rotatable bonds is 2. The van der Waals surface area contributed by atoms with Crippen LogP contribution in [-0.2, 0) is 11.8 Å². The minimum atomic E-state index is -0.156. The highest BCUT2D eigenvalue weighted by atomic mass is 16.3. The summed E-state index contributed by atoms with van der Waals surface area (Å²) in [7, 11) is 0. The van der Waals surface area contributed by atoms with Crippen LogP contribution >= 0.6 is 0 Å². The van der Waals surface area contributed by atoms with Gasteiger partial charge in [0, 0.05) is 12.0 Å². The smallest absolute Gasteiger partial charge is 0.0540 e. The third-order valence-electron chi connectivity index (χ3n) is 3.16. The lowest BCUT2D eigenvalue weighted by Crippen LogP contribution is -2.36. The van der Waals surface area contributed by atoms with Gasteiger partial charge in [-0.1, -0.05) is 24.3 Å². The molecule has 2 heteroatoms. The summed E-state index contributed by atoms with van der Waals surface area (Å²) in [5.41, 5.74) is 8.18. The number of hydrogen-bond acceptors (Lipinski definition) is 2. The summed E-state index contributed by atoms with van der Waals surface area (Å²) in [4.78, 5) is 0. The topological polar surface area (TPSA) is 46.2 Å². The molecule has 1 aromatic carbocycles. The molecule has 0 aliphatic heterocycles. The molecule has 1 aromatic rings. The first-order valence-corrected chi connectivity index (χ1v) is 4.72. The molecule has 2 rings (SSSR count). The van der Waals surface area contributed by atoms with E-state index < -0.39 is 0 Å². The number of aliphatic hydroxyl groups is 1. The fourth-order valence-corrected chi connectivity index (χ4v) is 2.21. The average Bonchev–Trinajstić information content (AvgIpc) is 2.58. The van der Waals surface area contributed by atoms with E-state index in [1.165, 1.54) is 11.1 Å². The molecule has 3 N–H and O–H groups in total. The van der Waals surface area contributed by atoms with E-state index in [0.29, 0.717) is 6.54 Å². The normalized spacial score (nSPS) is 26.0. The van der Waals surface area contributed by atoms with Crippen molar-refractivity contribution < 1.29 is 5.11 Å². The average molecular weight is 177 g/mol. The Labute approximate surface area is 78.4 Å². The highest BCUT2D eigenvalue weighted by molar-refractivity contribution is 5.39. The molecule has 1 unspecified atom stereocenters. The zero-order chi connectivity index (χ0) is 9.31. The van der Waals surface area contributed by atoms with Crippen LogP contribution in [0.3, 0.4) is 0 Å². The molecule has 1 atom stereocenters. The second-order valence-corrected chi connectivity index (χ2v) is 3.80. The number of hydrogen-bond donors (Lipinski definition) is 2. The summed E-state index contributed by atoms with van der Waals surface area (Å²) in [5, 5.41) is 9.38. The van der Waals surface area contributed by atoms with Gasteiger partial charge in [0.15, 0.2) is 0 Å². The predicted molar refractivity (Wildman–Crippen MR) is 52.6 cm³/mol. The van der Waals surface area contributed by atoms with Crippen LogP contribution in [0.1, 0.15) is 17.5 Å². The summed E-state index contributed by atoms with van der Waals surface area (Å²) in [6.45, 7) is 0.709. The Bertz CT molecular complexity index is 305. The minimum absolute atomic E-state index is 0.156. The van der Waals surface area contributed by atoms with Crippen molar-refractivity contribution in [2.75, 3.05) is 13.2 Å². The molecule has 70 valence electrons. The first-order valence-electron chi connectivity index (χ1n) is 4.72. The molecule has 0 radical (unpaired) electrons. The second-order valence-electron chi connectivity index (χ2n) is 3.80. The van der Waals surface area contributed by atoms with Gasteiger partial charge in [0.1, 0.15) is 0 Å². The number of fused-ring (bicyclic) bond motifs is 1. The van der Waals surface area contributed by atoms with Gasteiger partial charge >= 0.3 is 0 Å². The molecule has 0 saturated carbocycles. The highest BCUT2D eigenvalue weighted by Gasteiger charge is 2.36. The Hall–Kier alpha value is -0.860. The van der Waals surface area contributed by atoms with Gasteiger partial charge in [-0.3, -0.25) is 0 Å². The van der Waals surface area contributed by atoms with E-state index in [2.05, 4.69) is 12.1 Å². The first kappa shape index (κ1) is 8.73. The van der Waals surface area contributed by atoms with E-state index in [9.17, 15) is 5.11 Å². The summed E-state index contributed by atoms with van der Waals surface area (Å²) < 4.78 is 0. The van der Waals surface area contributed by atoms with Gasteiger partial charge in [0.2, 0.25) is 0 Å². The third kappa shape index (κ3) is 1.18. The molecule has 2 nitrogen and oxygen atoms in total. The maximum absolute atomic E-state index is 9.38. The zero-order valence-corrected chi connectivity index (χ0v) is 7.66. The molecule has 0 saturated heterocycles. The molecule has 0 aromatic heterocycles. The summed E-state index contributed by atoms with van der Waals surface area (Å²) in [6.07, 6.45) is 2.03. The Balaban J connectivity index is 2.47. The van der Waals surface area contributed by atoms with Crippen molar-refractivity contribution >= 4 is 0 Å². The largest absolute Gasteiger partial charge is 0.395 e. The standard InChI is InChI=1S/C11H15NO/c12-7-11(8-13)6-5-9-3-1-2-4-10(9)11/h1-4,13H,5-8,12H2. The fourth-order valence-electron chi connectivity index (χ4n) is 2.21. The van der Waals surface area contributed by atoms with E-state index in [-0.39, 0.29) is 12.0 Å². The predicted octanol–water partition coefficient (Wildman–Crippen LogP) is 0.822. The Morgan fingerprint density at radius 1 is 1.38 bits per heavy atom. The van der Waals surface area contributed by atoms with Crippen molar-refractivity contribution in [3.05, 3.63) is 35.4 Å². The summed E-state index contributed by atoms with van der Waals surface area (Å²) >= 11 is 0. The Morgan fingerprint density at radius 3 is 2.85 bits per heavy atom. The van der Waals surface area contributed by atoms with Crippen molar-refractivity contribution in [2.45, 2.75) is 18.3 Å². The number of benzene rings is 1. The van der Waals surface area contributed by atoms with Crippen LogP contribution in [0.15, 0.2) is 24.3 Å². The minimum Gasteiger partial charge on any atom is -0.395 e. The molecule has 1 aliphatic rings. The number of nitrogens with two attached hydrogens (primary N) is 1. The molecular formula is C11H15NO. The highest BCUT2D eigenvalue weighted by Crippen LogP contribution is 2.37. The van der Waals surface area contributed by atoms with Crippen LogP contribution in [0.4, 0.5) is 0 Å². The Morgan fingerprint density at radius 2 is 2.15 bits per heavy atom. The monoisotopic (exact) mass is 177 g/mol. The molecular weight excluding hydrogens is 162 g/mol. The van der Waals surface area contributed by atoms with Gasteiger partial charge in [-0.2, -0.15) is 0 Å². The van der Waals surface area contributed by atoms with Gasteiger partial charge in [-0.25, -0.2) is 0 Å². The van der Waals surface area contributed by atoms with Gasteiger partial charge in [0.05, 0.1) is 6.61 Å². The van der Waals surface area contributed by atoms with E-state index >= 15 is 0 Å². The lowest BCUT2D eigenvalue weighted by atomic mass is 9.83. The molecule has 0 spiro atoms. The molecule has 0 fully saturated rings. The first-order chi connectivity index (χ1) is 6.32. The molecule has 1 aliphatic carbocycles. The van der Waals surface area contributed by atoms with Crippen LogP contribution < -0.4 is 5.73 Å². The van der Waals surface area contributed by atoms with Gasteiger partial charge in [-0.15, -0.1) is 0 Å². The van der Waals surface area contributed by atoms with Crippen LogP contribution in [-0.4, -0.2) is 18.3 Å². The maximum Gasteiger partial charge on any atom is 0.0540 e. The fraction of sp³-hybridized carbons (Fsp3) is 0.455. The third-order valence-corrected chi connectivity index (χ3v) is 3.16. The van der Waals surface area contributed by atoms with Crippen LogP contribution in [0.25, 0.3) is 0 Å². The van der Waals surface area contributed by atoms with Crippen molar-refractivity contribution in [3.8, 4) is 0 Å². The van der Waals surface area contributed by atoms with Crippen molar-refractivity contribution in [1.29, 1.82) is 0 Å². The second kappa shape index (κ2) is 3.13. The quantitative estimate of drug-likeness (QED) is 0.702. The van der Waals surface area contributed by atoms with Crippen molar-refractivity contribution in [2.24, 2.45) is 5.73 Å². The van der Waals surface area contributed by atoms with E-state index in [4.69, 9.17) is 5.73 Å². The van der Waals surface area contributed by atoms with E-state index in [0.717, 1.165) is 12.8 Å². The SMILES string of the molecule is NCC1(CO)CCc2ccccc21.